The summed E-state index contributed by atoms with van der Waals surface area (Å²) >= 11 is 1.41. The fraction of sp³-hybridized carbons (Fsp3) is 0.375. The van der Waals surface area contributed by atoms with E-state index in [1.165, 1.54) is 23.5 Å². The van der Waals surface area contributed by atoms with Crippen LogP contribution in [-0.4, -0.2) is 30.1 Å². The van der Waals surface area contributed by atoms with Crippen LogP contribution in [0.4, 0.5) is 15.2 Å². The fourth-order valence-corrected chi connectivity index (χ4v) is 3.09. The standard InChI is InChI=1S/C16H18FN3O2S/c17-11-3-5-12(6-4-11)19-16-20-13(10-23-16)8-15(21)18-9-14-2-1-7-22-14/h3-6,10,14H,1-2,7-9H2,(H,18,21)(H,19,20)/t14-/m1/s1. The highest BCUT2D eigenvalue weighted by Gasteiger charge is 2.16. The summed E-state index contributed by atoms with van der Waals surface area (Å²) in [6, 6.07) is 6.06. The molecule has 122 valence electrons. The molecule has 1 aromatic carbocycles. The summed E-state index contributed by atoms with van der Waals surface area (Å²) in [5, 5.41) is 8.49. The molecular weight excluding hydrogens is 317 g/mol. The number of amides is 1. The number of hydrogen-bond acceptors (Lipinski definition) is 5. The molecule has 1 aromatic heterocycles. The van der Waals surface area contributed by atoms with Crippen LogP contribution in [0, 0.1) is 5.82 Å². The van der Waals surface area contributed by atoms with Gasteiger partial charge in [-0.1, -0.05) is 0 Å². The first-order chi connectivity index (χ1) is 11.2. The quantitative estimate of drug-likeness (QED) is 0.852. The van der Waals surface area contributed by atoms with Crippen LogP contribution < -0.4 is 10.6 Å². The SMILES string of the molecule is O=C(Cc1csc(Nc2ccc(F)cc2)n1)NC[C@H]1CCCO1. The average molecular weight is 335 g/mol. The Labute approximate surface area is 137 Å². The first-order valence-corrected chi connectivity index (χ1v) is 8.42. The van der Waals surface area contributed by atoms with Gasteiger partial charge in [-0.15, -0.1) is 11.3 Å². The molecule has 5 nitrogen and oxygen atoms in total. The molecular formula is C16H18FN3O2S. The first-order valence-electron chi connectivity index (χ1n) is 7.54. The second-order valence-corrected chi connectivity index (χ2v) is 6.25. The average Bonchev–Trinajstić information content (AvgIpc) is 3.20. The minimum Gasteiger partial charge on any atom is -0.376 e. The van der Waals surface area contributed by atoms with Gasteiger partial charge in [0.25, 0.3) is 0 Å². The van der Waals surface area contributed by atoms with Gasteiger partial charge in [-0.05, 0) is 37.1 Å². The van der Waals surface area contributed by atoms with E-state index in [4.69, 9.17) is 4.74 Å². The Bertz CT molecular complexity index is 654. The highest BCUT2D eigenvalue weighted by Crippen LogP contribution is 2.21. The molecule has 0 radical (unpaired) electrons. The largest absolute Gasteiger partial charge is 0.376 e. The number of ether oxygens (including phenoxy) is 1. The lowest BCUT2D eigenvalue weighted by molar-refractivity contribution is -0.121. The van der Waals surface area contributed by atoms with Gasteiger partial charge in [0, 0.05) is 24.2 Å². The van der Waals surface area contributed by atoms with Gasteiger partial charge in [0.05, 0.1) is 18.2 Å². The van der Waals surface area contributed by atoms with Gasteiger partial charge in [0.2, 0.25) is 5.91 Å². The van der Waals surface area contributed by atoms with Crippen molar-refractivity contribution in [1.29, 1.82) is 0 Å². The van der Waals surface area contributed by atoms with Crippen LogP contribution in [0.5, 0.6) is 0 Å². The number of carbonyl (C=O) groups excluding carboxylic acids is 1. The van der Waals surface area contributed by atoms with Crippen molar-refractivity contribution in [2.24, 2.45) is 0 Å². The number of benzene rings is 1. The van der Waals surface area contributed by atoms with Crippen molar-refractivity contribution in [1.82, 2.24) is 10.3 Å². The minimum atomic E-state index is -0.279. The third kappa shape index (κ3) is 4.74. The first kappa shape index (κ1) is 15.9. The maximum Gasteiger partial charge on any atom is 0.226 e. The van der Waals surface area contributed by atoms with Gasteiger partial charge >= 0.3 is 0 Å². The Morgan fingerprint density at radius 2 is 2.22 bits per heavy atom. The van der Waals surface area contributed by atoms with Crippen LogP contribution >= 0.6 is 11.3 Å². The number of anilines is 2. The van der Waals surface area contributed by atoms with Crippen LogP contribution in [0.15, 0.2) is 29.6 Å². The number of nitrogens with one attached hydrogen (secondary N) is 2. The maximum absolute atomic E-state index is 12.9. The van der Waals surface area contributed by atoms with Gasteiger partial charge in [-0.3, -0.25) is 4.79 Å². The van der Waals surface area contributed by atoms with Crippen LogP contribution in [0.3, 0.4) is 0 Å². The highest BCUT2D eigenvalue weighted by atomic mass is 32.1. The summed E-state index contributed by atoms with van der Waals surface area (Å²) in [4.78, 5) is 16.3. The molecule has 0 saturated carbocycles. The van der Waals surface area contributed by atoms with Crippen LogP contribution in [0.2, 0.25) is 0 Å². The topological polar surface area (TPSA) is 63.2 Å². The normalized spacial score (nSPS) is 17.2. The smallest absolute Gasteiger partial charge is 0.226 e. The van der Waals surface area contributed by atoms with Crippen molar-refractivity contribution >= 4 is 28.1 Å². The zero-order valence-electron chi connectivity index (χ0n) is 12.5. The number of halogens is 1. The van der Waals surface area contributed by atoms with Gasteiger partial charge in [0.15, 0.2) is 5.13 Å². The van der Waals surface area contributed by atoms with E-state index in [-0.39, 0.29) is 24.2 Å². The number of thiazole rings is 1. The van der Waals surface area contributed by atoms with Crippen molar-refractivity contribution in [3.63, 3.8) is 0 Å². The molecule has 1 aliphatic rings. The fourth-order valence-electron chi connectivity index (χ4n) is 2.36. The van der Waals surface area contributed by atoms with Crippen LogP contribution in [0.25, 0.3) is 0 Å². The zero-order chi connectivity index (χ0) is 16.1. The van der Waals surface area contributed by atoms with Gasteiger partial charge in [-0.2, -0.15) is 0 Å². The van der Waals surface area contributed by atoms with E-state index < -0.39 is 0 Å². The Morgan fingerprint density at radius 1 is 1.39 bits per heavy atom. The third-order valence-electron chi connectivity index (χ3n) is 3.54. The molecule has 2 N–H and O–H groups in total. The van der Waals surface area contributed by atoms with E-state index >= 15 is 0 Å². The van der Waals surface area contributed by atoms with Crippen LogP contribution in [0.1, 0.15) is 18.5 Å². The molecule has 0 aliphatic carbocycles. The summed E-state index contributed by atoms with van der Waals surface area (Å²) in [6.45, 7) is 1.34. The van der Waals surface area contributed by atoms with E-state index in [0.717, 1.165) is 25.1 Å². The minimum absolute atomic E-state index is 0.0564. The van der Waals surface area contributed by atoms with Crippen molar-refractivity contribution < 1.29 is 13.9 Å². The molecule has 2 heterocycles. The van der Waals surface area contributed by atoms with Crippen LogP contribution in [-0.2, 0) is 16.0 Å². The predicted octanol–water partition coefficient (Wildman–Crippen LogP) is 2.86. The predicted molar refractivity (Wildman–Crippen MR) is 87.5 cm³/mol. The van der Waals surface area contributed by atoms with Crippen molar-refractivity contribution in [3.8, 4) is 0 Å². The van der Waals surface area contributed by atoms with E-state index in [2.05, 4.69) is 15.6 Å². The molecule has 1 saturated heterocycles. The number of hydrogen-bond donors (Lipinski definition) is 2. The molecule has 2 aromatic rings. The summed E-state index contributed by atoms with van der Waals surface area (Å²) in [7, 11) is 0. The summed E-state index contributed by atoms with van der Waals surface area (Å²) in [5.74, 6) is -0.336. The van der Waals surface area contributed by atoms with Crippen molar-refractivity contribution in [2.75, 3.05) is 18.5 Å². The molecule has 1 amide bonds. The number of rotatable bonds is 6. The third-order valence-corrected chi connectivity index (χ3v) is 4.35. The molecule has 1 aliphatic heterocycles. The lowest BCUT2D eigenvalue weighted by atomic mass is 10.2. The van der Waals surface area contributed by atoms with E-state index in [1.54, 1.807) is 12.1 Å². The summed E-state index contributed by atoms with van der Waals surface area (Å²) < 4.78 is 18.3. The number of carbonyl (C=O) groups is 1. The van der Waals surface area contributed by atoms with Gasteiger partial charge < -0.3 is 15.4 Å². The highest BCUT2D eigenvalue weighted by molar-refractivity contribution is 7.13. The molecule has 0 spiro atoms. The summed E-state index contributed by atoms with van der Waals surface area (Å²) in [5.41, 5.74) is 1.47. The molecule has 1 atom stereocenters. The second kappa shape index (κ2) is 7.52. The Hall–Kier alpha value is -1.99. The zero-order valence-corrected chi connectivity index (χ0v) is 13.4. The lowest BCUT2D eigenvalue weighted by Gasteiger charge is -2.10. The van der Waals surface area contributed by atoms with Gasteiger partial charge in [0.1, 0.15) is 5.82 Å². The molecule has 7 heteroatoms. The van der Waals surface area contributed by atoms with E-state index in [1.807, 2.05) is 5.38 Å². The summed E-state index contributed by atoms with van der Waals surface area (Å²) in [6.07, 6.45) is 2.45. The van der Waals surface area contributed by atoms with E-state index in [0.29, 0.717) is 17.4 Å². The number of nitrogens with zero attached hydrogens (tertiary/aromatic N) is 1. The van der Waals surface area contributed by atoms with Crippen molar-refractivity contribution in [2.45, 2.75) is 25.4 Å². The number of aromatic nitrogens is 1. The van der Waals surface area contributed by atoms with E-state index in [9.17, 15) is 9.18 Å². The molecule has 0 unspecified atom stereocenters. The second-order valence-electron chi connectivity index (χ2n) is 5.39. The van der Waals surface area contributed by atoms with Gasteiger partial charge in [-0.25, -0.2) is 9.37 Å². The molecule has 23 heavy (non-hydrogen) atoms. The Balaban J connectivity index is 1.48. The molecule has 3 rings (SSSR count). The Kier molecular flexibility index (Phi) is 5.19. The molecule has 0 bridgehead atoms. The van der Waals surface area contributed by atoms with Crippen molar-refractivity contribution in [3.05, 3.63) is 41.2 Å². The maximum atomic E-state index is 12.9. The Morgan fingerprint density at radius 3 is 2.96 bits per heavy atom. The molecule has 1 fully saturated rings. The monoisotopic (exact) mass is 335 g/mol. The lowest BCUT2D eigenvalue weighted by Crippen LogP contribution is -2.32.